The summed E-state index contributed by atoms with van der Waals surface area (Å²) in [5.74, 6) is -2.30. The summed E-state index contributed by atoms with van der Waals surface area (Å²) in [6.45, 7) is 0.324. The zero-order valence-corrected chi connectivity index (χ0v) is 13.5. The van der Waals surface area contributed by atoms with Crippen LogP contribution < -0.4 is 16.0 Å². The molecule has 0 aromatic heterocycles. The van der Waals surface area contributed by atoms with Crippen molar-refractivity contribution in [3.8, 4) is 0 Å². The standard InChI is InChI=1S/C17H15FN4O4/c18-10-1-4-12(5-2-10)21-8-7-13(17(21)24)16(23)20-11-3-6-14(19)15(9-11)22(25)26/h1-6,9,13H,7-8,19H2,(H,20,23). The van der Waals surface area contributed by atoms with Crippen LogP contribution in [0.5, 0.6) is 0 Å². The van der Waals surface area contributed by atoms with Gasteiger partial charge < -0.3 is 16.0 Å². The number of carbonyl (C=O) groups is 2. The van der Waals surface area contributed by atoms with Gasteiger partial charge in [-0.05, 0) is 42.8 Å². The summed E-state index contributed by atoms with van der Waals surface area (Å²) in [6, 6.07) is 9.30. The lowest BCUT2D eigenvalue weighted by Crippen LogP contribution is -2.33. The molecule has 1 heterocycles. The molecule has 0 radical (unpaired) electrons. The van der Waals surface area contributed by atoms with E-state index in [9.17, 15) is 24.1 Å². The van der Waals surface area contributed by atoms with Crippen molar-refractivity contribution in [3.05, 3.63) is 58.4 Å². The number of nitrogens with zero attached hydrogens (tertiary/aromatic N) is 2. The smallest absolute Gasteiger partial charge is 0.294 e. The van der Waals surface area contributed by atoms with Crippen molar-refractivity contribution >= 4 is 34.6 Å². The van der Waals surface area contributed by atoms with Gasteiger partial charge >= 0.3 is 0 Å². The summed E-state index contributed by atoms with van der Waals surface area (Å²) in [5, 5.41) is 13.4. The SMILES string of the molecule is Nc1ccc(NC(=O)C2CCN(c3ccc(F)cc3)C2=O)cc1[N+](=O)[O-]. The first-order chi connectivity index (χ1) is 12.4. The molecule has 0 saturated carbocycles. The van der Waals surface area contributed by atoms with Crippen molar-refractivity contribution in [2.45, 2.75) is 6.42 Å². The first kappa shape index (κ1) is 17.3. The normalized spacial score (nSPS) is 16.6. The van der Waals surface area contributed by atoms with Crippen LogP contribution in [-0.4, -0.2) is 23.3 Å². The maximum Gasteiger partial charge on any atom is 0.294 e. The molecule has 1 saturated heterocycles. The number of amides is 2. The number of rotatable bonds is 4. The van der Waals surface area contributed by atoms with E-state index in [1.54, 1.807) is 0 Å². The monoisotopic (exact) mass is 358 g/mol. The van der Waals surface area contributed by atoms with Crippen LogP contribution >= 0.6 is 0 Å². The summed E-state index contributed by atoms with van der Waals surface area (Å²) in [5.41, 5.74) is 5.86. The third-order valence-electron chi connectivity index (χ3n) is 4.15. The summed E-state index contributed by atoms with van der Waals surface area (Å²) < 4.78 is 13.0. The second kappa shape index (κ2) is 6.79. The zero-order valence-electron chi connectivity index (χ0n) is 13.5. The maximum absolute atomic E-state index is 13.0. The molecule has 2 amide bonds. The Morgan fingerprint density at radius 2 is 1.96 bits per heavy atom. The molecule has 0 bridgehead atoms. The fourth-order valence-corrected chi connectivity index (χ4v) is 2.81. The summed E-state index contributed by atoms with van der Waals surface area (Å²) in [7, 11) is 0. The van der Waals surface area contributed by atoms with Crippen molar-refractivity contribution in [1.29, 1.82) is 0 Å². The first-order valence-corrected chi connectivity index (χ1v) is 7.78. The quantitative estimate of drug-likeness (QED) is 0.376. The number of nitro groups is 1. The zero-order chi connectivity index (χ0) is 18.8. The van der Waals surface area contributed by atoms with Crippen LogP contribution in [0.3, 0.4) is 0 Å². The van der Waals surface area contributed by atoms with Gasteiger partial charge in [0.05, 0.1) is 4.92 Å². The van der Waals surface area contributed by atoms with Crippen LogP contribution in [0.2, 0.25) is 0 Å². The summed E-state index contributed by atoms with van der Waals surface area (Å²) >= 11 is 0. The van der Waals surface area contributed by atoms with E-state index in [0.29, 0.717) is 18.7 Å². The number of nitrogen functional groups attached to an aromatic ring is 1. The highest BCUT2D eigenvalue weighted by Gasteiger charge is 2.37. The molecule has 26 heavy (non-hydrogen) atoms. The second-order valence-corrected chi connectivity index (χ2v) is 5.83. The Bertz CT molecular complexity index is 885. The lowest BCUT2D eigenvalue weighted by atomic mass is 10.1. The Morgan fingerprint density at radius 1 is 1.27 bits per heavy atom. The van der Waals surface area contributed by atoms with Gasteiger partial charge in [-0.1, -0.05) is 0 Å². The Kier molecular flexibility index (Phi) is 4.53. The van der Waals surface area contributed by atoms with Crippen molar-refractivity contribution < 1.29 is 18.9 Å². The van der Waals surface area contributed by atoms with Gasteiger partial charge in [0.2, 0.25) is 11.8 Å². The van der Waals surface area contributed by atoms with Crippen molar-refractivity contribution in [1.82, 2.24) is 0 Å². The number of nitro benzene ring substituents is 1. The number of carbonyl (C=O) groups excluding carboxylic acids is 2. The van der Waals surface area contributed by atoms with Gasteiger partial charge in [0.15, 0.2) is 0 Å². The number of hydrogen-bond acceptors (Lipinski definition) is 5. The first-order valence-electron chi connectivity index (χ1n) is 7.78. The van der Waals surface area contributed by atoms with Gasteiger partial charge in [0.1, 0.15) is 17.4 Å². The third kappa shape index (κ3) is 3.32. The Labute approximate surface area is 147 Å². The third-order valence-corrected chi connectivity index (χ3v) is 4.15. The molecule has 1 atom stereocenters. The van der Waals surface area contributed by atoms with E-state index >= 15 is 0 Å². The van der Waals surface area contributed by atoms with E-state index in [1.165, 1.54) is 41.3 Å². The topological polar surface area (TPSA) is 119 Å². The molecule has 1 fully saturated rings. The molecule has 3 N–H and O–H groups in total. The molecule has 2 aromatic carbocycles. The number of nitrogens with one attached hydrogen (secondary N) is 1. The number of benzene rings is 2. The summed E-state index contributed by atoms with van der Waals surface area (Å²) in [4.78, 5) is 36.6. The number of anilines is 3. The lowest BCUT2D eigenvalue weighted by Gasteiger charge is -2.16. The Morgan fingerprint density at radius 3 is 2.62 bits per heavy atom. The fraction of sp³-hybridized carbons (Fsp3) is 0.176. The average molecular weight is 358 g/mol. The van der Waals surface area contributed by atoms with E-state index in [-0.39, 0.29) is 17.1 Å². The molecule has 1 aliphatic rings. The molecule has 134 valence electrons. The highest BCUT2D eigenvalue weighted by atomic mass is 19.1. The van der Waals surface area contributed by atoms with Gasteiger partial charge in [-0.15, -0.1) is 0 Å². The van der Waals surface area contributed by atoms with Gasteiger partial charge in [-0.2, -0.15) is 0 Å². The second-order valence-electron chi connectivity index (χ2n) is 5.83. The minimum atomic E-state index is -0.920. The van der Waals surface area contributed by atoms with Crippen LogP contribution in [-0.2, 0) is 9.59 Å². The molecule has 9 heteroatoms. The average Bonchev–Trinajstić information content (AvgIpc) is 2.98. The molecule has 0 aliphatic carbocycles. The minimum absolute atomic E-state index is 0.0209. The molecular weight excluding hydrogens is 343 g/mol. The Hall–Kier alpha value is -3.49. The molecule has 1 unspecified atom stereocenters. The van der Waals surface area contributed by atoms with Gasteiger partial charge in [-0.25, -0.2) is 4.39 Å². The van der Waals surface area contributed by atoms with E-state index in [1.807, 2.05) is 0 Å². The molecular formula is C17H15FN4O4. The van der Waals surface area contributed by atoms with Crippen LogP contribution in [0.25, 0.3) is 0 Å². The fourth-order valence-electron chi connectivity index (χ4n) is 2.81. The van der Waals surface area contributed by atoms with Crippen molar-refractivity contribution in [3.63, 3.8) is 0 Å². The molecule has 8 nitrogen and oxygen atoms in total. The van der Waals surface area contributed by atoms with Crippen LogP contribution in [0.1, 0.15) is 6.42 Å². The van der Waals surface area contributed by atoms with Crippen LogP contribution in [0, 0.1) is 21.8 Å². The maximum atomic E-state index is 13.0. The van der Waals surface area contributed by atoms with E-state index < -0.39 is 28.5 Å². The molecule has 0 spiro atoms. The van der Waals surface area contributed by atoms with E-state index in [4.69, 9.17) is 5.73 Å². The van der Waals surface area contributed by atoms with Crippen LogP contribution in [0.15, 0.2) is 42.5 Å². The minimum Gasteiger partial charge on any atom is -0.393 e. The number of halogens is 1. The van der Waals surface area contributed by atoms with Gasteiger partial charge in [0.25, 0.3) is 5.69 Å². The van der Waals surface area contributed by atoms with E-state index in [2.05, 4.69) is 5.32 Å². The highest BCUT2D eigenvalue weighted by molar-refractivity contribution is 6.13. The Balaban J connectivity index is 1.73. The lowest BCUT2D eigenvalue weighted by molar-refractivity contribution is -0.383. The number of hydrogen-bond donors (Lipinski definition) is 2. The van der Waals surface area contributed by atoms with E-state index in [0.717, 1.165) is 6.07 Å². The van der Waals surface area contributed by atoms with Crippen LogP contribution in [0.4, 0.5) is 27.1 Å². The van der Waals surface area contributed by atoms with Gasteiger partial charge in [-0.3, -0.25) is 19.7 Å². The van der Waals surface area contributed by atoms with Crippen molar-refractivity contribution in [2.24, 2.45) is 5.92 Å². The highest BCUT2D eigenvalue weighted by Crippen LogP contribution is 2.28. The van der Waals surface area contributed by atoms with Crippen molar-refractivity contribution in [2.75, 3.05) is 22.5 Å². The molecule has 3 rings (SSSR count). The van der Waals surface area contributed by atoms with Gasteiger partial charge in [0, 0.05) is 24.0 Å². The molecule has 1 aliphatic heterocycles. The predicted octanol–water partition coefficient (Wildman–Crippen LogP) is 2.31. The summed E-state index contributed by atoms with van der Waals surface area (Å²) in [6.07, 6.45) is 0.291. The predicted molar refractivity (Wildman–Crippen MR) is 93.0 cm³/mol. The molecule has 2 aromatic rings. The largest absolute Gasteiger partial charge is 0.393 e. The number of nitrogens with two attached hydrogens (primary N) is 1.